The SMILES string of the molecule is CCN1CCCC1COc1nc(Nc2ccc(OC)c(Cl)c2)nc(NC2CCCCCC2)n1. The van der Waals surface area contributed by atoms with Crippen molar-refractivity contribution in [3.05, 3.63) is 23.2 Å². The third-order valence-electron chi connectivity index (χ3n) is 6.52. The van der Waals surface area contributed by atoms with Crippen LogP contribution in [0, 0.1) is 0 Å². The van der Waals surface area contributed by atoms with Crippen LogP contribution >= 0.6 is 11.6 Å². The molecular weight excluding hydrogens is 440 g/mol. The Morgan fingerprint density at radius 3 is 2.55 bits per heavy atom. The Hall–Kier alpha value is -2.32. The van der Waals surface area contributed by atoms with E-state index in [9.17, 15) is 0 Å². The van der Waals surface area contributed by atoms with Crippen LogP contribution in [0.15, 0.2) is 18.2 Å². The number of benzene rings is 1. The molecule has 1 saturated carbocycles. The number of hydrogen-bond acceptors (Lipinski definition) is 8. The second kappa shape index (κ2) is 11.7. The van der Waals surface area contributed by atoms with Crippen molar-refractivity contribution in [2.75, 3.05) is 37.4 Å². The monoisotopic (exact) mass is 474 g/mol. The van der Waals surface area contributed by atoms with Gasteiger partial charge in [-0.25, -0.2) is 0 Å². The number of anilines is 3. The first-order chi connectivity index (χ1) is 16.1. The summed E-state index contributed by atoms with van der Waals surface area (Å²) in [6.45, 7) is 4.93. The van der Waals surface area contributed by atoms with Crippen LogP contribution in [0.4, 0.5) is 17.6 Å². The van der Waals surface area contributed by atoms with Crippen LogP contribution in [0.5, 0.6) is 11.8 Å². The largest absolute Gasteiger partial charge is 0.495 e. The highest BCUT2D eigenvalue weighted by atomic mass is 35.5. The minimum atomic E-state index is 0.339. The lowest BCUT2D eigenvalue weighted by atomic mass is 10.1. The second-order valence-corrected chi connectivity index (χ2v) is 9.22. The van der Waals surface area contributed by atoms with E-state index in [0.29, 0.717) is 47.4 Å². The van der Waals surface area contributed by atoms with Crippen LogP contribution < -0.4 is 20.1 Å². The van der Waals surface area contributed by atoms with Gasteiger partial charge < -0.3 is 20.1 Å². The molecule has 1 aliphatic carbocycles. The Bertz CT molecular complexity index is 907. The Balaban J connectivity index is 1.52. The van der Waals surface area contributed by atoms with Gasteiger partial charge in [-0.1, -0.05) is 44.2 Å². The van der Waals surface area contributed by atoms with Crippen molar-refractivity contribution in [2.24, 2.45) is 0 Å². The maximum absolute atomic E-state index is 6.29. The molecule has 1 atom stereocenters. The summed E-state index contributed by atoms with van der Waals surface area (Å²) in [5.74, 6) is 1.60. The second-order valence-electron chi connectivity index (χ2n) is 8.81. The molecule has 2 heterocycles. The number of likely N-dealkylation sites (N-methyl/N-ethyl adjacent to an activating group) is 1. The first-order valence-electron chi connectivity index (χ1n) is 12.1. The van der Waals surface area contributed by atoms with Crippen molar-refractivity contribution in [3.63, 3.8) is 0 Å². The lowest BCUT2D eigenvalue weighted by Crippen LogP contribution is -2.34. The quantitative estimate of drug-likeness (QED) is 0.475. The van der Waals surface area contributed by atoms with Gasteiger partial charge in [-0.3, -0.25) is 4.90 Å². The first-order valence-corrected chi connectivity index (χ1v) is 12.5. The van der Waals surface area contributed by atoms with Crippen LogP contribution in [0.25, 0.3) is 0 Å². The molecule has 33 heavy (non-hydrogen) atoms. The molecule has 1 aliphatic heterocycles. The van der Waals surface area contributed by atoms with E-state index in [1.807, 2.05) is 12.1 Å². The van der Waals surface area contributed by atoms with Crippen LogP contribution in [0.2, 0.25) is 5.02 Å². The van der Waals surface area contributed by atoms with Gasteiger partial charge in [0.05, 0.1) is 12.1 Å². The molecule has 180 valence electrons. The Labute approximate surface area is 201 Å². The van der Waals surface area contributed by atoms with Crippen LogP contribution in [0.1, 0.15) is 58.3 Å². The highest BCUT2D eigenvalue weighted by molar-refractivity contribution is 6.32. The number of rotatable bonds is 9. The molecule has 9 heteroatoms. The summed E-state index contributed by atoms with van der Waals surface area (Å²) >= 11 is 6.29. The molecule has 2 aromatic rings. The van der Waals surface area contributed by atoms with E-state index in [4.69, 9.17) is 21.1 Å². The predicted molar refractivity (Wildman–Crippen MR) is 132 cm³/mol. The minimum Gasteiger partial charge on any atom is -0.495 e. The number of ether oxygens (including phenoxy) is 2. The molecule has 1 aromatic carbocycles. The van der Waals surface area contributed by atoms with Gasteiger partial charge in [0.2, 0.25) is 11.9 Å². The first kappa shape index (κ1) is 23.8. The number of nitrogens with zero attached hydrogens (tertiary/aromatic N) is 4. The molecule has 0 spiro atoms. The van der Waals surface area contributed by atoms with Gasteiger partial charge in [0.1, 0.15) is 12.4 Å². The fourth-order valence-corrected chi connectivity index (χ4v) is 4.95. The van der Waals surface area contributed by atoms with E-state index < -0.39 is 0 Å². The molecule has 1 saturated heterocycles. The fourth-order valence-electron chi connectivity index (χ4n) is 4.69. The molecule has 0 bridgehead atoms. The van der Waals surface area contributed by atoms with Gasteiger partial charge in [0.25, 0.3) is 0 Å². The molecule has 2 N–H and O–H groups in total. The standard InChI is InChI=1S/C24H35ClN6O2/c1-3-31-14-8-11-19(31)16-33-24-29-22(26-17-9-6-4-5-7-10-17)28-23(30-24)27-18-12-13-21(32-2)20(25)15-18/h12-13,15,17,19H,3-11,14,16H2,1-2H3,(H2,26,27,28,29,30). The molecule has 2 aliphatic rings. The van der Waals surface area contributed by atoms with Crippen molar-refractivity contribution < 1.29 is 9.47 Å². The summed E-state index contributed by atoms with van der Waals surface area (Å²) in [5.41, 5.74) is 0.770. The summed E-state index contributed by atoms with van der Waals surface area (Å²) in [5, 5.41) is 7.29. The van der Waals surface area contributed by atoms with Gasteiger partial charge in [0, 0.05) is 17.8 Å². The summed E-state index contributed by atoms with van der Waals surface area (Å²) in [6, 6.07) is 6.60. The molecular formula is C24H35ClN6O2. The van der Waals surface area contributed by atoms with Crippen LogP contribution in [0.3, 0.4) is 0 Å². The lowest BCUT2D eigenvalue weighted by Gasteiger charge is -2.22. The van der Waals surface area contributed by atoms with Crippen molar-refractivity contribution in [1.29, 1.82) is 0 Å². The minimum absolute atomic E-state index is 0.339. The summed E-state index contributed by atoms with van der Waals surface area (Å²) in [7, 11) is 1.60. The van der Waals surface area contributed by atoms with E-state index in [1.54, 1.807) is 13.2 Å². The van der Waals surface area contributed by atoms with Gasteiger partial charge in [-0.2, -0.15) is 15.0 Å². The number of methoxy groups -OCH3 is 1. The normalized spacial score (nSPS) is 19.8. The third kappa shape index (κ3) is 6.60. The molecule has 4 rings (SSSR count). The van der Waals surface area contributed by atoms with Crippen molar-refractivity contribution in [3.8, 4) is 11.8 Å². The van der Waals surface area contributed by atoms with E-state index in [1.165, 1.54) is 32.1 Å². The molecule has 0 amide bonds. The number of likely N-dealkylation sites (tertiary alicyclic amines) is 1. The Kier molecular flexibility index (Phi) is 8.45. The van der Waals surface area contributed by atoms with E-state index in [2.05, 4.69) is 37.4 Å². The summed E-state index contributed by atoms with van der Waals surface area (Å²) in [6.07, 6.45) is 9.67. The maximum atomic E-state index is 6.29. The average molecular weight is 475 g/mol. The van der Waals surface area contributed by atoms with Crippen LogP contribution in [-0.4, -0.2) is 58.7 Å². The third-order valence-corrected chi connectivity index (χ3v) is 6.82. The topological polar surface area (TPSA) is 84.4 Å². The summed E-state index contributed by atoms with van der Waals surface area (Å²) < 4.78 is 11.3. The molecule has 1 aromatic heterocycles. The van der Waals surface area contributed by atoms with Crippen molar-refractivity contribution in [2.45, 2.75) is 70.4 Å². The van der Waals surface area contributed by atoms with Gasteiger partial charge in [-0.15, -0.1) is 0 Å². The van der Waals surface area contributed by atoms with Crippen molar-refractivity contribution in [1.82, 2.24) is 19.9 Å². The number of hydrogen-bond donors (Lipinski definition) is 2. The Morgan fingerprint density at radius 1 is 1.03 bits per heavy atom. The highest BCUT2D eigenvalue weighted by Gasteiger charge is 2.24. The average Bonchev–Trinajstić information content (AvgIpc) is 3.12. The van der Waals surface area contributed by atoms with Crippen molar-refractivity contribution >= 4 is 29.2 Å². The van der Waals surface area contributed by atoms with Gasteiger partial charge >= 0.3 is 6.01 Å². The molecule has 0 radical (unpaired) electrons. The van der Waals surface area contributed by atoms with E-state index in [0.717, 1.165) is 38.0 Å². The van der Waals surface area contributed by atoms with Gasteiger partial charge in [0.15, 0.2) is 0 Å². The zero-order valence-corrected chi connectivity index (χ0v) is 20.4. The summed E-state index contributed by atoms with van der Waals surface area (Å²) in [4.78, 5) is 16.2. The zero-order valence-electron chi connectivity index (χ0n) is 19.6. The van der Waals surface area contributed by atoms with Gasteiger partial charge in [-0.05, 0) is 57.0 Å². The number of halogens is 1. The van der Waals surface area contributed by atoms with E-state index >= 15 is 0 Å². The highest BCUT2D eigenvalue weighted by Crippen LogP contribution is 2.29. The molecule has 2 fully saturated rings. The maximum Gasteiger partial charge on any atom is 0.323 e. The smallest absolute Gasteiger partial charge is 0.323 e. The number of aromatic nitrogens is 3. The lowest BCUT2D eigenvalue weighted by molar-refractivity contribution is 0.170. The number of nitrogens with one attached hydrogen (secondary N) is 2. The Morgan fingerprint density at radius 2 is 1.82 bits per heavy atom. The van der Waals surface area contributed by atoms with Crippen LogP contribution in [-0.2, 0) is 0 Å². The zero-order chi connectivity index (χ0) is 23.0. The predicted octanol–water partition coefficient (Wildman–Crippen LogP) is 5.28. The van der Waals surface area contributed by atoms with E-state index in [-0.39, 0.29) is 0 Å². The molecule has 8 nitrogen and oxygen atoms in total. The fraction of sp³-hybridized carbons (Fsp3) is 0.625. The molecule has 1 unspecified atom stereocenters.